The lowest BCUT2D eigenvalue weighted by molar-refractivity contribution is -0.115. The van der Waals surface area contributed by atoms with E-state index in [9.17, 15) is 4.79 Å². The quantitative estimate of drug-likeness (QED) is 0.661. The van der Waals surface area contributed by atoms with Gasteiger partial charge in [0.2, 0.25) is 11.9 Å². The molecule has 2 aromatic rings. The minimum Gasteiger partial charge on any atom is -0.494 e. The highest BCUT2D eigenvalue weighted by molar-refractivity contribution is 8.00. The van der Waals surface area contributed by atoms with Crippen LogP contribution >= 0.6 is 11.8 Å². The third kappa shape index (κ3) is 4.84. The van der Waals surface area contributed by atoms with Gasteiger partial charge in [0.15, 0.2) is 5.16 Å². The van der Waals surface area contributed by atoms with Gasteiger partial charge in [-0.2, -0.15) is 0 Å². The summed E-state index contributed by atoms with van der Waals surface area (Å²) in [6.45, 7) is 7.52. The minimum absolute atomic E-state index is 0.0579. The molecule has 1 unspecified atom stereocenters. The predicted octanol–water partition coefficient (Wildman–Crippen LogP) is 2.97. The van der Waals surface area contributed by atoms with Crippen LogP contribution in [-0.2, 0) is 9.53 Å². The van der Waals surface area contributed by atoms with E-state index in [1.165, 1.54) is 11.8 Å². The summed E-state index contributed by atoms with van der Waals surface area (Å²) < 4.78 is 13.1. The van der Waals surface area contributed by atoms with Crippen molar-refractivity contribution < 1.29 is 14.3 Å². The molecule has 1 aliphatic carbocycles. The summed E-state index contributed by atoms with van der Waals surface area (Å²) in [6, 6.07) is 7.85. The minimum atomic E-state index is -0.291. The van der Waals surface area contributed by atoms with E-state index >= 15 is 0 Å². The van der Waals surface area contributed by atoms with E-state index < -0.39 is 0 Å². The molecule has 1 amide bonds. The van der Waals surface area contributed by atoms with Crippen LogP contribution in [0.5, 0.6) is 5.75 Å². The SMILES string of the molecule is CCOc1ccc(NC(=O)C(C)Sc2nnc(N3CCOCC3)n2C2CC2)cc1. The number of hydrogen-bond donors (Lipinski definition) is 1. The molecule has 0 radical (unpaired) electrons. The van der Waals surface area contributed by atoms with E-state index in [2.05, 4.69) is 25.0 Å². The molecule has 1 aromatic carbocycles. The maximum absolute atomic E-state index is 12.7. The summed E-state index contributed by atoms with van der Waals surface area (Å²) in [7, 11) is 0. The lowest BCUT2D eigenvalue weighted by Crippen LogP contribution is -2.38. The molecule has 1 saturated carbocycles. The Kier molecular flexibility index (Phi) is 6.25. The third-order valence-electron chi connectivity index (χ3n) is 4.94. The Morgan fingerprint density at radius 3 is 2.66 bits per heavy atom. The van der Waals surface area contributed by atoms with Crippen LogP contribution < -0.4 is 15.0 Å². The van der Waals surface area contributed by atoms with E-state index in [0.717, 1.165) is 48.5 Å². The first-order valence-electron chi connectivity index (χ1n) is 10.1. The Balaban J connectivity index is 1.41. The number of aromatic nitrogens is 3. The standard InChI is InChI=1S/C20H27N5O3S/c1-3-28-17-8-4-15(5-9-17)21-18(26)14(2)29-20-23-22-19(25(20)16-6-7-16)24-10-12-27-13-11-24/h4-5,8-9,14,16H,3,6-7,10-13H2,1-2H3,(H,21,26). The number of nitrogens with one attached hydrogen (secondary N) is 1. The second-order valence-corrected chi connectivity index (χ2v) is 8.50. The van der Waals surface area contributed by atoms with Crippen LogP contribution in [0.25, 0.3) is 0 Å². The number of thioether (sulfide) groups is 1. The Bertz CT molecular complexity index is 831. The fourth-order valence-electron chi connectivity index (χ4n) is 3.24. The maximum atomic E-state index is 12.7. The number of amides is 1. The highest BCUT2D eigenvalue weighted by atomic mass is 32.2. The van der Waals surface area contributed by atoms with Crippen molar-refractivity contribution in [1.29, 1.82) is 0 Å². The first-order chi connectivity index (χ1) is 14.2. The van der Waals surface area contributed by atoms with Crippen molar-refractivity contribution in [3.05, 3.63) is 24.3 Å². The zero-order valence-corrected chi connectivity index (χ0v) is 17.7. The van der Waals surface area contributed by atoms with Crippen molar-refractivity contribution in [3.63, 3.8) is 0 Å². The summed E-state index contributed by atoms with van der Waals surface area (Å²) in [5.74, 6) is 1.64. The summed E-state index contributed by atoms with van der Waals surface area (Å²) in [4.78, 5) is 14.9. The number of anilines is 2. The molecular formula is C20H27N5O3S. The first-order valence-corrected chi connectivity index (χ1v) is 11.0. The Morgan fingerprint density at radius 2 is 2.00 bits per heavy atom. The van der Waals surface area contributed by atoms with Crippen LogP contribution in [0.4, 0.5) is 11.6 Å². The average Bonchev–Trinajstić information content (AvgIpc) is 3.50. The van der Waals surface area contributed by atoms with Crippen LogP contribution in [0.15, 0.2) is 29.4 Å². The number of rotatable bonds is 8. The molecule has 1 aliphatic heterocycles. The van der Waals surface area contributed by atoms with Crippen LogP contribution in [0.1, 0.15) is 32.7 Å². The zero-order valence-electron chi connectivity index (χ0n) is 16.8. The lowest BCUT2D eigenvalue weighted by atomic mass is 10.3. The molecule has 1 aromatic heterocycles. The van der Waals surface area contributed by atoms with Gasteiger partial charge in [0.1, 0.15) is 5.75 Å². The number of benzene rings is 1. The Hall–Kier alpha value is -2.26. The summed E-state index contributed by atoms with van der Waals surface area (Å²) in [5, 5.41) is 12.3. The van der Waals surface area contributed by atoms with Crippen LogP contribution in [0.3, 0.4) is 0 Å². The van der Waals surface area contributed by atoms with Crippen LogP contribution in [0.2, 0.25) is 0 Å². The largest absolute Gasteiger partial charge is 0.494 e. The normalized spacial score (nSPS) is 17.8. The number of ether oxygens (including phenoxy) is 2. The van der Waals surface area contributed by atoms with Crippen molar-refractivity contribution in [1.82, 2.24) is 14.8 Å². The van der Waals surface area contributed by atoms with Gasteiger partial charge in [-0.15, -0.1) is 10.2 Å². The van der Waals surface area contributed by atoms with Crippen LogP contribution in [0, 0.1) is 0 Å². The van der Waals surface area contributed by atoms with Gasteiger partial charge < -0.3 is 19.7 Å². The molecule has 156 valence electrons. The van der Waals surface area contributed by atoms with E-state index in [-0.39, 0.29) is 11.2 Å². The van der Waals surface area contributed by atoms with Crippen molar-refractivity contribution >= 4 is 29.3 Å². The second-order valence-electron chi connectivity index (χ2n) is 7.19. The molecule has 2 aliphatic rings. The molecule has 2 fully saturated rings. The van der Waals surface area contributed by atoms with Crippen molar-refractivity contribution in [2.45, 2.75) is 43.1 Å². The highest BCUT2D eigenvalue weighted by Gasteiger charge is 2.33. The molecule has 29 heavy (non-hydrogen) atoms. The van der Waals surface area contributed by atoms with E-state index in [0.29, 0.717) is 25.9 Å². The molecule has 2 heterocycles. The average molecular weight is 418 g/mol. The topological polar surface area (TPSA) is 81.5 Å². The number of carbonyl (C=O) groups excluding carboxylic acids is 1. The zero-order chi connectivity index (χ0) is 20.2. The van der Waals surface area contributed by atoms with Crippen molar-refractivity contribution in [2.75, 3.05) is 43.1 Å². The lowest BCUT2D eigenvalue weighted by Gasteiger charge is -2.28. The number of carbonyl (C=O) groups is 1. The van der Waals surface area contributed by atoms with Gasteiger partial charge in [-0.05, 0) is 51.0 Å². The molecule has 9 heteroatoms. The number of nitrogens with zero attached hydrogens (tertiary/aromatic N) is 4. The molecule has 1 saturated heterocycles. The van der Waals surface area contributed by atoms with Gasteiger partial charge in [-0.1, -0.05) is 11.8 Å². The molecule has 0 bridgehead atoms. The van der Waals surface area contributed by atoms with E-state index in [1.807, 2.05) is 38.1 Å². The molecule has 4 rings (SSSR count). The third-order valence-corrected chi connectivity index (χ3v) is 5.99. The van der Waals surface area contributed by atoms with Crippen molar-refractivity contribution in [2.24, 2.45) is 0 Å². The fourth-order valence-corrected chi connectivity index (χ4v) is 4.15. The molecule has 1 N–H and O–H groups in total. The fraction of sp³-hybridized carbons (Fsp3) is 0.550. The van der Waals surface area contributed by atoms with Gasteiger partial charge in [0, 0.05) is 24.8 Å². The Morgan fingerprint density at radius 1 is 1.28 bits per heavy atom. The van der Waals surface area contributed by atoms with Gasteiger partial charge >= 0.3 is 0 Å². The summed E-state index contributed by atoms with van der Waals surface area (Å²) in [6.07, 6.45) is 2.27. The van der Waals surface area contributed by atoms with Crippen LogP contribution in [-0.4, -0.2) is 58.8 Å². The number of hydrogen-bond acceptors (Lipinski definition) is 7. The predicted molar refractivity (Wildman–Crippen MR) is 113 cm³/mol. The van der Waals surface area contributed by atoms with E-state index in [4.69, 9.17) is 9.47 Å². The highest BCUT2D eigenvalue weighted by Crippen LogP contribution is 2.41. The smallest absolute Gasteiger partial charge is 0.237 e. The number of morpholine rings is 1. The summed E-state index contributed by atoms with van der Waals surface area (Å²) in [5.41, 5.74) is 0.753. The van der Waals surface area contributed by atoms with Gasteiger partial charge in [-0.25, -0.2) is 0 Å². The molecular weight excluding hydrogens is 390 g/mol. The van der Waals surface area contributed by atoms with E-state index in [1.54, 1.807) is 0 Å². The molecule has 0 spiro atoms. The van der Waals surface area contributed by atoms with Crippen molar-refractivity contribution in [3.8, 4) is 5.75 Å². The van der Waals surface area contributed by atoms with Gasteiger partial charge in [-0.3, -0.25) is 9.36 Å². The second kappa shape index (κ2) is 9.04. The summed E-state index contributed by atoms with van der Waals surface area (Å²) >= 11 is 1.46. The molecule has 8 nitrogen and oxygen atoms in total. The maximum Gasteiger partial charge on any atom is 0.237 e. The van der Waals surface area contributed by atoms with Gasteiger partial charge in [0.25, 0.3) is 0 Å². The molecule has 1 atom stereocenters. The first kappa shape index (κ1) is 20.0. The monoisotopic (exact) mass is 417 g/mol. The van der Waals surface area contributed by atoms with Gasteiger partial charge in [0.05, 0.1) is 25.1 Å². The Labute approximate surface area is 175 Å².